The van der Waals surface area contributed by atoms with Crippen LogP contribution in [0.25, 0.3) is 16.7 Å². The highest BCUT2D eigenvalue weighted by Crippen LogP contribution is 2.40. The van der Waals surface area contributed by atoms with Crippen molar-refractivity contribution in [2.75, 3.05) is 0 Å². The van der Waals surface area contributed by atoms with Crippen LogP contribution in [-0.2, 0) is 0 Å². The van der Waals surface area contributed by atoms with Crippen molar-refractivity contribution in [3.8, 4) is 17.2 Å². The third-order valence-electron chi connectivity index (χ3n) is 6.58. The quantitative estimate of drug-likeness (QED) is 0.151. The lowest BCUT2D eigenvalue weighted by Crippen LogP contribution is -2.22. The Morgan fingerprint density at radius 3 is 1.69 bits per heavy atom. The molecule has 0 aliphatic heterocycles. The van der Waals surface area contributed by atoms with Crippen molar-refractivity contribution in [1.29, 1.82) is 5.26 Å². The number of hydrogen-bond donors (Lipinski definition) is 0. The molecule has 0 fully saturated rings. The highest BCUT2D eigenvalue weighted by molar-refractivity contribution is 7.80. The van der Waals surface area contributed by atoms with E-state index in [9.17, 15) is 5.26 Å². The highest BCUT2D eigenvalue weighted by atomic mass is 31.1. The van der Waals surface area contributed by atoms with Gasteiger partial charge in [0.2, 0.25) is 0 Å². The second kappa shape index (κ2) is 11.8. The van der Waals surface area contributed by atoms with E-state index in [0.717, 1.165) is 5.56 Å². The van der Waals surface area contributed by atoms with Crippen molar-refractivity contribution < 1.29 is 0 Å². The minimum Gasteiger partial charge on any atom is -0.192 e. The van der Waals surface area contributed by atoms with Gasteiger partial charge in [-0.15, -0.1) is 0 Å². The Morgan fingerprint density at radius 1 is 0.615 bits per heavy atom. The summed E-state index contributed by atoms with van der Waals surface area (Å²) in [7, 11) is -2.35. The maximum atomic E-state index is 9.38. The third-order valence-corrected chi connectivity index (χ3v) is 10.2. The maximum Gasteiger partial charge on any atom is 0.0991 e. The van der Waals surface area contributed by atoms with Gasteiger partial charge in [0.05, 0.1) is 19.7 Å². The lowest BCUT2D eigenvalue weighted by Gasteiger charge is -2.24. The molecule has 0 aliphatic rings. The minimum absolute atomic E-state index is 0.682. The van der Waals surface area contributed by atoms with Crippen LogP contribution in [0, 0.1) is 11.3 Å². The zero-order valence-corrected chi connectivity index (χ0v) is 24.6. The molecule has 0 unspecified atom stereocenters. The smallest absolute Gasteiger partial charge is 0.0991 e. The Kier molecular flexibility index (Phi) is 8.04. The molecule has 1 nitrogen and oxygen atoms in total. The number of nitriles is 1. The molecule has 0 aliphatic carbocycles. The summed E-state index contributed by atoms with van der Waals surface area (Å²) >= 11 is 0. The number of rotatable bonds is 7. The topological polar surface area (TPSA) is 23.8 Å². The molecule has 5 rings (SSSR count). The molecule has 5 aromatic rings. The fourth-order valence-electron chi connectivity index (χ4n) is 4.90. The molecule has 5 aromatic carbocycles. The molecule has 0 spiro atoms. The van der Waals surface area contributed by atoms with E-state index in [2.05, 4.69) is 153 Å². The lowest BCUT2D eigenvalue weighted by molar-refractivity contribution is 1.47. The fourth-order valence-corrected chi connectivity index (χ4v) is 8.56. The van der Waals surface area contributed by atoms with Crippen LogP contribution < -0.4 is 15.9 Å². The van der Waals surface area contributed by atoms with Gasteiger partial charge < -0.3 is 0 Å². The van der Waals surface area contributed by atoms with Crippen molar-refractivity contribution in [3.05, 3.63) is 156 Å². The van der Waals surface area contributed by atoms with E-state index in [1.807, 2.05) is 12.1 Å². The number of hydrogen-bond acceptors (Lipinski definition) is 1. The SMILES string of the molecule is C[Si](C)(C)/C=C(\c1ccc(C#N)cc1)c1ccccc1-c1ccccc1P(c1ccccc1)c1ccccc1. The zero-order valence-electron chi connectivity index (χ0n) is 22.7. The van der Waals surface area contributed by atoms with Gasteiger partial charge >= 0.3 is 0 Å². The van der Waals surface area contributed by atoms with Crippen LogP contribution in [0.15, 0.2) is 139 Å². The molecule has 0 N–H and O–H groups in total. The molecule has 0 aromatic heterocycles. The van der Waals surface area contributed by atoms with Crippen molar-refractivity contribution in [1.82, 2.24) is 0 Å². The molecule has 0 bridgehead atoms. The van der Waals surface area contributed by atoms with Gasteiger partial charge in [0.1, 0.15) is 0 Å². The molecule has 190 valence electrons. The van der Waals surface area contributed by atoms with Crippen LogP contribution >= 0.6 is 7.92 Å². The summed E-state index contributed by atoms with van der Waals surface area (Å²) in [6, 6.07) is 49.8. The van der Waals surface area contributed by atoms with E-state index in [0.29, 0.717) is 5.56 Å². The van der Waals surface area contributed by atoms with Crippen LogP contribution in [0.1, 0.15) is 16.7 Å². The van der Waals surface area contributed by atoms with Gasteiger partial charge in [-0.1, -0.05) is 147 Å². The maximum absolute atomic E-state index is 9.38. The van der Waals surface area contributed by atoms with E-state index < -0.39 is 16.0 Å². The summed E-state index contributed by atoms with van der Waals surface area (Å²) in [6.07, 6.45) is 0. The van der Waals surface area contributed by atoms with Gasteiger partial charge in [-0.2, -0.15) is 5.26 Å². The first-order chi connectivity index (χ1) is 18.9. The molecule has 0 saturated carbocycles. The second-order valence-corrected chi connectivity index (χ2v) is 17.9. The molecule has 0 radical (unpaired) electrons. The average molecular weight is 538 g/mol. The van der Waals surface area contributed by atoms with E-state index >= 15 is 0 Å². The molecule has 0 atom stereocenters. The van der Waals surface area contributed by atoms with Crippen LogP contribution in [0.3, 0.4) is 0 Å². The third kappa shape index (κ3) is 6.18. The molecule has 0 amide bonds. The summed E-state index contributed by atoms with van der Waals surface area (Å²) in [5.41, 5.74) is 9.30. The predicted octanol–water partition coefficient (Wildman–Crippen LogP) is 8.29. The van der Waals surface area contributed by atoms with Crippen molar-refractivity contribution in [2.24, 2.45) is 0 Å². The van der Waals surface area contributed by atoms with Crippen LogP contribution in [0.5, 0.6) is 0 Å². The summed E-state index contributed by atoms with van der Waals surface area (Å²) in [6.45, 7) is 7.12. The Hall–Kier alpha value is -4.02. The largest absolute Gasteiger partial charge is 0.192 e. The van der Waals surface area contributed by atoms with Crippen molar-refractivity contribution >= 4 is 37.5 Å². The van der Waals surface area contributed by atoms with E-state index in [1.165, 1.54) is 38.2 Å². The Bertz CT molecular complexity index is 1590. The van der Waals surface area contributed by atoms with Gasteiger partial charge in [-0.05, 0) is 63.8 Å². The standard InChI is InChI=1S/C36H32NPSi/c1-39(2,3)27-35(29-24-22-28(26-37)23-25-29)33-19-11-10-18-32(33)34-20-12-13-21-36(34)38(30-14-6-4-7-15-30)31-16-8-5-9-17-31/h4-25,27H,1-3H3/b35-27+. The van der Waals surface area contributed by atoms with Crippen LogP contribution in [0.2, 0.25) is 19.6 Å². The first kappa shape index (κ1) is 26.6. The monoisotopic (exact) mass is 537 g/mol. The molecule has 0 saturated heterocycles. The normalized spacial score (nSPS) is 11.8. The van der Waals surface area contributed by atoms with Crippen molar-refractivity contribution in [2.45, 2.75) is 19.6 Å². The number of benzene rings is 5. The van der Waals surface area contributed by atoms with E-state index in [-0.39, 0.29) is 0 Å². The Labute approximate surface area is 234 Å². The molecular weight excluding hydrogens is 505 g/mol. The lowest BCUT2D eigenvalue weighted by atomic mass is 9.91. The minimum atomic E-state index is -1.60. The molecule has 0 heterocycles. The van der Waals surface area contributed by atoms with Crippen LogP contribution in [-0.4, -0.2) is 8.07 Å². The zero-order chi connectivity index (χ0) is 27.2. The van der Waals surface area contributed by atoms with Gasteiger partial charge in [-0.25, -0.2) is 0 Å². The first-order valence-corrected chi connectivity index (χ1v) is 18.2. The van der Waals surface area contributed by atoms with E-state index in [4.69, 9.17) is 0 Å². The van der Waals surface area contributed by atoms with Crippen LogP contribution in [0.4, 0.5) is 0 Å². The second-order valence-electron chi connectivity index (χ2n) is 10.7. The summed E-state index contributed by atoms with van der Waals surface area (Å²) < 4.78 is 0. The highest BCUT2D eigenvalue weighted by Gasteiger charge is 2.23. The van der Waals surface area contributed by atoms with Gasteiger partial charge in [-0.3, -0.25) is 0 Å². The van der Waals surface area contributed by atoms with Gasteiger partial charge in [0, 0.05) is 0 Å². The van der Waals surface area contributed by atoms with Gasteiger partial charge in [0.25, 0.3) is 0 Å². The molecular formula is C36H32NPSi. The van der Waals surface area contributed by atoms with E-state index in [1.54, 1.807) is 0 Å². The predicted molar refractivity (Wildman–Crippen MR) is 172 cm³/mol. The molecule has 39 heavy (non-hydrogen) atoms. The Balaban J connectivity index is 1.74. The molecule has 3 heteroatoms. The average Bonchev–Trinajstić information content (AvgIpc) is 2.97. The number of nitrogens with zero attached hydrogens (tertiary/aromatic N) is 1. The summed E-state index contributed by atoms with van der Waals surface area (Å²) in [4.78, 5) is 0. The van der Waals surface area contributed by atoms with Gasteiger partial charge in [0.15, 0.2) is 0 Å². The van der Waals surface area contributed by atoms with Crippen molar-refractivity contribution in [3.63, 3.8) is 0 Å². The Morgan fingerprint density at radius 2 is 1.13 bits per heavy atom. The first-order valence-electron chi connectivity index (χ1n) is 13.3. The summed E-state index contributed by atoms with van der Waals surface area (Å²) in [5, 5.41) is 13.4. The summed E-state index contributed by atoms with van der Waals surface area (Å²) in [5.74, 6) is 0. The fraction of sp³-hybridized carbons (Fsp3) is 0.0833.